The van der Waals surface area contributed by atoms with Crippen LogP contribution in [0.4, 0.5) is 0 Å². The van der Waals surface area contributed by atoms with E-state index in [9.17, 15) is 4.79 Å². The Hall–Kier alpha value is -0.610. The lowest BCUT2D eigenvalue weighted by Crippen LogP contribution is -2.32. The second kappa shape index (κ2) is 8.97. The van der Waals surface area contributed by atoms with E-state index in [4.69, 9.17) is 10.5 Å². The molecule has 0 aromatic heterocycles. The molecule has 84 valence electrons. The smallest absolute Gasteiger partial charge is 0.322 e. The van der Waals surface area contributed by atoms with Gasteiger partial charge in [-0.2, -0.15) is 0 Å². The molecule has 1 atom stereocenters. The number of esters is 1. The number of rotatable bonds is 8. The van der Waals surface area contributed by atoms with Crippen LogP contribution in [-0.4, -0.2) is 31.7 Å². The van der Waals surface area contributed by atoms with Crippen LogP contribution in [0.1, 0.15) is 33.1 Å². The van der Waals surface area contributed by atoms with Gasteiger partial charge in [-0.05, 0) is 32.9 Å². The van der Waals surface area contributed by atoms with Gasteiger partial charge in [0, 0.05) is 0 Å². The Kier molecular flexibility index (Phi) is 8.57. The topological polar surface area (TPSA) is 64.3 Å². The molecule has 0 rings (SSSR count). The van der Waals surface area contributed by atoms with Gasteiger partial charge in [0.1, 0.15) is 6.04 Å². The summed E-state index contributed by atoms with van der Waals surface area (Å²) in [5.41, 5.74) is 5.62. The number of carbonyl (C=O) groups excluding carboxylic acids is 1. The molecule has 0 aromatic rings. The molecule has 0 unspecified atom stereocenters. The van der Waals surface area contributed by atoms with Crippen molar-refractivity contribution in [3.05, 3.63) is 0 Å². The van der Waals surface area contributed by atoms with Crippen molar-refractivity contribution in [3.8, 4) is 0 Å². The summed E-state index contributed by atoms with van der Waals surface area (Å²) >= 11 is 0. The van der Waals surface area contributed by atoms with Gasteiger partial charge in [0.15, 0.2) is 0 Å². The molecule has 0 radical (unpaired) electrons. The Morgan fingerprint density at radius 2 is 2.14 bits per heavy atom. The number of unbranched alkanes of at least 4 members (excludes halogenated alkanes) is 1. The zero-order chi connectivity index (χ0) is 10.8. The summed E-state index contributed by atoms with van der Waals surface area (Å²) < 4.78 is 4.80. The fourth-order valence-corrected chi connectivity index (χ4v) is 1.16. The fraction of sp³-hybridized carbons (Fsp3) is 0.900. The van der Waals surface area contributed by atoms with Crippen molar-refractivity contribution in [2.24, 2.45) is 5.73 Å². The van der Waals surface area contributed by atoms with Gasteiger partial charge in [-0.25, -0.2) is 0 Å². The highest BCUT2D eigenvalue weighted by atomic mass is 16.5. The lowest BCUT2D eigenvalue weighted by molar-refractivity contribution is -0.144. The first-order valence-electron chi connectivity index (χ1n) is 5.35. The second-order valence-electron chi connectivity index (χ2n) is 3.21. The average molecular weight is 202 g/mol. The van der Waals surface area contributed by atoms with Gasteiger partial charge in [-0.1, -0.05) is 13.3 Å². The third kappa shape index (κ3) is 6.86. The van der Waals surface area contributed by atoms with Crippen LogP contribution in [-0.2, 0) is 9.53 Å². The number of hydrogen-bond acceptors (Lipinski definition) is 4. The molecule has 0 saturated heterocycles. The first-order chi connectivity index (χ1) is 6.72. The molecular formula is C10H22N2O2. The van der Waals surface area contributed by atoms with Gasteiger partial charge >= 0.3 is 5.97 Å². The van der Waals surface area contributed by atoms with Crippen LogP contribution in [0.2, 0.25) is 0 Å². The minimum atomic E-state index is -0.448. The van der Waals surface area contributed by atoms with E-state index in [0.717, 1.165) is 25.9 Å². The molecule has 0 saturated carbocycles. The Labute approximate surface area is 86.2 Å². The highest BCUT2D eigenvalue weighted by Crippen LogP contribution is 2.00. The Morgan fingerprint density at radius 3 is 2.71 bits per heavy atom. The molecule has 14 heavy (non-hydrogen) atoms. The van der Waals surface area contributed by atoms with E-state index < -0.39 is 6.04 Å². The summed E-state index contributed by atoms with van der Waals surface area (Å²) in [5, 5.41) is 3.22. The summed E-state index contributed by atoms with van der Waals surface area (Å²) in [4.78, 5) is 11.1. The summed E-state index contributed by atoms with van der Waals surface area (Å²) in [7, 11) is 0. The van der Waals surface area contributed by atoms with Crippen LogP contribution in [0.15, 0.2) is 0 Å². The largest absolute Gasteiger partial charge is 0.465 e. The monoisotopic (exact) mass is 202 g/mol. The Morgan fingerprint density at radius 1 is 1.43 bits per heavy atom. The minimum Gasteiger partial charge on any atom is -0.465 e. The van der Waals surface area contributed by atoms with E-state index in [2.05, 4.69) is 12.2 Å². The number of nitrogens with one attached hydrogen (secondary N) is 1. The van der Waals surface area contributed by atoms with E-state index in [1.807, 2.05) is 0 Å². The molecule has 3 N–H and O–H groups in total. The first-order valence-corrected chi connectivity index (χ1v) is 5.35. The molecule has 0 aromatic carbocycles. The Balaban J connectivity index is 3.34. The van der Waals surface area contributed by atoms with Crippen molar-refractivity contribution in [2.45, 2.75) is 39.2 Å². The lowest BCUT2D eigenvalue weighted by atomic mass is 10.1. The summed E-state index contributed by atoms with van der Waals surface area (Å²) in [6, 6.07) is -0.448. The van der Waals surface area contributed by atoms with E-state index >= 15 is 0 Å². The van der Waals surface area contributed by atoms with Crippen LogP contribution < -0.4 is 11.1 Å². The van der Waals surface area contributed by atoms with Crippen LogP contribution in [0.3, 0.4) is 0 Å². The van der Waals surface area contributed by atoms with Gasteiger partial charge in [-0.15, -0.1) is 0 Å². The van der Waals surface area contributed by atoms with Crippen molar-refractivity contribution in [1.82, 2.24) is 5.32 Å². The number of ether oxygens (including phenoxy) is 1. The molecular weight excluding hydrogens is 180 g/mol. The number of carbonyl (C=O) groups is 1. The summed E-state index contributed by atoms with van der Waals surface area (Å²) in [5.74, 6) is -0.282. The standard InChI is InChI=1S/C10H22N2O2/c1-3-12-8-6-5-7-9(11)10(13)14-4-2/h9,12H,3-8,11H2,1-2H3/t9-/m0/s1. The maximum atomic E-state index is 11.1. The van der Waals surface area contributed by atoms with Gasteiger partial charge in [-0.3, -0.25) is 4.79 Å². The molecule has 0 aliphatic rings. The minimum absolute atomic E-state index is 0.282. The zero-order valence-electron chi connectivity index (χ0n) is 9.21. The van der Waals surface area contributed by atoms with Crippen LogP contribution >= 0.6 is 0 Å². The predicted molar refractivity (Wildman–Crippen MR) is 57.0 cm³/mol. The van der Waals surface area contributed by atoms with Gasteiger partial charge < -0.3 is 15.8 Å². The summed E-state index contributed by atoms with van der Waals surface area (Å²) in [6.45, 7) is 6.25. The number of nitrogens with two attached hydrogens (primary N) is 1. The third-order valence-corrected chi connectivity index (χ3v) is 1.96. The zero-order valence-corrected chi connectivity index (χ0v) is 9.21. The lowest BCUT2D eigenvalue weighted by Gasteiger charge is -2.09. The van der Waals surface area contributed by atoms with Crippen LogP contribution in [0.25, 0.3) is 0 Å². The molecule has 0 spiro atoms. The molecule has 0 heterocycles. The van der Waals surface area contributed by atoms with E-state index in [1.165, 1.54) is 0 Å². The highest BCUT2D eigenvalue weighted by molar-refractivity contribution is 5.75. The third-order valence-electron chi connectivity index (χ3n) is 1.96. The SMILES string of the molecule is CCNCCCC[C@H](N)C(=O)OCC. The molecule has 0 fully saturated rings. The molecule has 0 amide bonds. The molecule has 0 aliphatic heterocycles. The Bertz CT molecular complexity index is 151. The van der Waals surface area contributed by atoms with Crippen molar-refractivity contribution in [2.75, 3.05) is 19.7 Å². The van der Waals surface area contributed by atoms with Gasteiger partial charge in [0.05, 0.1) is 6.61 Å². The molecule has 0 aliphatic carbocycles. The van der Waals surface area contributed by atoms with Gasteiger partial charge in [0.2, 0.25) is 0 Å². The molecule has 4 heteroatoms. The second-order valence-corrected chi connectivity index (χ2v) is 3.21. The van der Waals surface area contributed by atoms with Gasteiger partial charge in [0.25, 0.3) is 0 Å². The van der Waals surface area contributed by atoms with Crippen molar-refractivity contribution in [1.29, 1.82) is 0 Å². The fourth-order valence-electron chi connectivity index (χ4n) is 1.16. The van der Waals surface area contributed by atoms with Crippen molar-refractivity contribution < 1.29 is 9.53 Å². The van der Waals surface area contributed by atoms with Crippen LogP contribution in [0, 0.1) is 0 Å². The quantitative estimate of drug-likeness (QED) is 0.448. The van der Waals surface area contributed by atoms with E-state index in [0.29, 0.717) is 13.0 Å². The van der Waals surface area contributed by atoms with Crippen molar-refractivity contribution in [3.63, 3.8) is 0 Å². The normalized spacial score (nSPS) is 12.5. The summed E-state index contributed by atoms with van der Waals surface area (Å²) in [6.07, 6.45) is 2.73. The average Bonchev–Trinajstić information content (AvgIpc) is 2.17. The predicted octanol–water partition coefficient (Wildman–Crippen LogP) is 0.657. The van der Waals surface area contributed by atoms with E-state index in [-0.39, 0.29) is 5.97 Å². The highest BCUT2D eigenvalue weighted by Gasteiger charge is 2.13. The first kappa shape index (κ1) is 13.4. The van der Waals surface area contributed by atoms with Crippen LogP contribution in [0.5, 0.6) is 0 Å². The van der Waals surface area contributed by atoms with Crippen molar-refractivity contribution >= 4 is 5.97 Å². The maximum Gasteiger partial charge on any atom is 0.322 e. The van der Waals surface area contributed by atoms with E-state index in [1.54, 1.807) is 6.92 Å². The molecule has 0 bridgehead atoms. The molecule has 4 nitrogen and oxygen atoms in total. The maximum absolute atomic E-state index is 11.1. The number of hydrogen-bond donors (Lipinski definition) is 2.